The number of para-hydroxylation sites is 1. The van der Waals surface area contributed by atoms with E-state index >= 15 is 0 Å². The predicted octanol–water partition coefficient (Wildman–Crippen LogP) is 5.83. The van der Waals surface area contributed by atoms with Crippen LogP contribution in [0.15, 0.2) is 66.9 Å². The molecule has 3 bridgehead atoms. The summed E-state index contributed by atoms with van der Waals surface area (Å²) in [4.78, 5) is 14.2. The van der Waals surface area contributed by atoms with Crippen LogP contribution in [0.5, 0.6) is 0 Å². The van der Waals surface area contributed by atoms with Gasteiger partial charge in [0.15, 0.2) is 0 Å². The van der Waals surface area contributed by atoms with Crippen molar-refractivity contribution in [2.24, 2.45) is 11.3 Å². The number of piperidine rings is 1. The number of nitrogens with zero attached hydrogens (tertiary/aromatic N) is 3. The number of aliphatic hydroxyl groups is 2. The predicted molar refractivity (Wildman–Crippen MR) is 169 cm³/mol. The van der Waals surface area contributed by atoms with Crippen molar-refractivity contribution in [3.63, 3.8) is 0 Å². The first kappa shape index (κ1) is 26.8. The molecule has 2 fully saturated rings. The van der Waals surface area contributed by atoms with Gasteiger partial charge in [0, 0.05) is 40.5 Å². The zero-order valence-electron chi connectivity index (χ0n) is 24.6. The first-order chi connectivity index (χ1) is 20.6. The molecule has 0 amide bonds. The summed E-state index contributed by atoms with van der Waals surface area (Å²) in [5.74, 6) is 0.316. The van der Waals surface area contributed by atoms with Crippen molar-refractivity contribution in [1.29, 1.82) is 0 Å². The molecule has 6 nitrogen and oxygen atoms in total. The number of aliphatic hydroxyl groups excluding tert-OH is 1. The maximum Gasteiger partial charge on any atom is 0.0998 e. The minimum absolute atomic E-state index is 0.0440. The summed E-state index contributed by atoms with van der Waals surface area (Å²) in [5, 5.41) is 26.0. The van der Waals surface area contributed by atoms with Crippen LogP contribution in [0, 0.1) is 11.3 Å². The van der Waals surface area contributed by atoms with Gasteiger partial charge in [0.1, 0.15) is 0 Å². The van der Waals surface area contributed by atoms with Gasteiger partial charge in [0.05, 0.1) is 29.0 Å². The monoisotopic (exact) mass is 564 g/mol. The smallest absolute Gasteiger partial charge is 0.0998 e. The van der Waals surface area contributed by atoms with Crippen LogP contribution in [0.1, 0.15) is 63.5 Å². The van der Waals surface area contributed by atoms with Gasteiger partial charge in [-0.05, 0) is 107 Å². The Morgan fingerprint density at radius 1 is 0.929 bits per heavy atom. The van der Waals surface area contributed by atoms with Crippen LogP contribution in [0.25, 0.3) is 27.4 Å². The third kappa shape index (κ3) is 4.25. The third-order valence-electron chi connectivity index (χ3n) is 11.2. The number of H-pyrrole nitrogens is 1. The SMILES string of the molecule is O[C@H]1/C=C\[C@H]2C[C@]34CN5CCCC/C=C\CC[C@](O)(C=C(c6nccc7c6[nH]c6ccccc67)[C@@H]3CC5)[C@@H]4N2CCC1. The Labute approximate surface area is 248 Å². The number of hydrogen-bond acceptors (Lipinski definition) is 5. The Kier molecular flexibility index (Phi) is 6.67. The number of hydrogen-bond donors (Lipinski definition) is 3. The normalized spacial score (nSPS) is 38.8. The van der Waals surface area contributed by atoms with Crippen LogP contribution >= 0.6 is 0 Å². The van der Waals surface area contributed by atoms with Gasteiger partial charge in [0.2, 0.25) is 0 Å². The van der Waals surface area contributed by atoms with E-state index in [1.165, 1.54) is 29.2 Å². The maximum atomic E-state index is 13.1. The summed E-state index contributed by atoms with van der Waals surface area (Å²) < 4.78 is 0. The highest BCUT2D eigenvalue weighted by Crippen LogP contribution is 2.61. The Hall–Kier alpha value is -2.77. The first-order valence-electron chi connectivity index (χ1n) is 16.4. The van der Waals surface area contributed by atoms with Gasteiger partial charge in [-0.25, -0.2) is 0 Å². The Bertz CT molecular complexity index is 1570. The molecule has 3 N–H and O–H groups in total. The largest absolute Gasteiger partial charge is 0.389 e. The molecule has 6 heterocycles. The van der Waals surface area contributed by atoms with E-state index in [-0.39, 0.29) is 23.6 Å². The highest BCUT2D eigenvalue weighted by Gasteiger charge is 2.65. The molecular weight excluding hydrogens is 520 g/mol. The van der Waals surface area contributed by atoms with Gasteiger partial charge in [0.25, 0.3) is 0 Å². The zero-order valence-corrected chi connectivity index (χ0v) is 24.6. The quantitative estimate of drug-likeness (QED) is 0.325. The van der Waals surface area contributed by atoms with E-state index in [0.717, 1.165) is 81.4 Å². The van der Waals surface area contributed by atoms with Crippen molar-refractivity contribution < 1.29 is 10.2 Å². The molecule has 42 heavy (non-hydrogen) atoms. The zero-order chi connectivity index (χ0) is 28.3. The summed E-state index contributed by atoms with van der Waals surface area (Å²) in [6.07, 6.45) is 21.8. The molecule has 2 saturated heterocycles. The molecule has 1 unspecified atom stereocenters. The van der Waals surface area contributed by atoms with Gasteiger partial charge in [-0.2, -0.15) is 0 Å². The van der Waals surface area contributed by atoms with E-state index in [4.69, 9.17) is 4.98 Å². The number of pyridine rings is 1. The summed E-state index contributed by atoms with van der Waals surface area (Å²) in [7, 11) is 0. The third-order valence-corrected chi connectivity index (χ3v) is 11.2. The van der Waals surface area contributed by atoms with Crippen molar-refractivity contribution in [2.75, 3.05) is 26.2 Å². The molecule has 0 saturated carbocycles. The second kappa shape index (κ2) is 10.4. The summed E-state index contributed by atoms with van der Waals surface area (Å²) in [6, 6.07) is 10.9. The van der Waals surface area contributed by atoms with Crippen LogP contribution in [-0.2, 0) is 0 Å². The maximum absolute atomic E-state index is 13.1. The average molecular weight is 565 g/mol. The summed E-state index contributed by atoms with van der Waals surface area (Å²) >= 11 is 0. The van der Waals surface area contributed by atoms with Gasteiger partial charge < -0.3 is 20.1 Å². The van der Waals surface area contributed by atoms with E-state index in [1.54, 1.807) is 0 Å². The van der Waals surface area contributed by atoms with E-state index in [9.17, 15) is 10.2 Å². The van der Waals surface area contributed by atoms with Gasteiger partial charge in [-0.15, -0.1) is 0 Å². The number of nitrogens with one attached hydrogen (secondary N) is 1. The Balaban J connectivity index is 1.34. The second-order valence-electron chi connectivity index (χ2n) is 13.7. The number of fused-ring (bicyclic) bond motifs is 5. The molecule has 0 radical (unpaired) electrons. The van der Waals surface area contributed by atoms with Gasteiger partial charge >= 0.3 is 0 Å². The van der Waals surface area contributed by atoms with E-state index in [2.05, 4.69) is 69.4 Å². The molecule has 4 aliphatic heterocycles. The molecule has 1 aromatic carbocycles. The van der Waals surface area contributed by atoms with Crippen LogP contribution < -0.4 is 0 Å². The molecule has 7 atom stereocenters. The van der Waals surface area contributed by atoms with E-state index in [0.29, 0.717) is 12.3 Å². The molecule has 1 spiro atoms. The Morgan fingerprint density at radius 3 is 2.79 bits per heavy atom. The first-order valence-corrected chi connectivity index (χ1v) is 16.4. The minimum Gasteiger partial charge on any atom is -0.389 e. The molecule has 5 aliphatic rings. The molecular formula is C36H44N4O2. The number of aromatic amines is 1. The fraction of sp³-hybridized carbons (Fsp3) is 0.528. The molecule has 3 aromatic rings. The fourth-order valence-electron chi connectivity index (χ4n) is 9.61. The highest BCUT2D eigenvalue weighted by atomic mass is 16.3. The lowest BCUT2D eigenvalue weighted by Gasteiger charge is -2.58. The number of rotatable bonds is 1. The molecule has 6 heteroatoms. The van der Waals surface area contributed by atoms with Crippen molar-refractivity contribution in [1.82, 2.24) is 19.8 Å². The highest BCUT2D eigenvalue weighted by molar-refractivity contribution is 6.09. The molecule has 220 valence electrons. The van der Waals surface area contributed by atoms with E-state index < -0.39 is 5.60 Å². The van der Waals surface area contributed by atoms with Crippen LogP contribution in [0.2, 0.25) is 0 Å². The lowest BCUT2D eigenvalue weighted by molar-refractivity contribution is -0.0897. The minimum atomic E-state index is -0.969. The standard InChI is InChI=1S/C36H44N4O2/c41-26-10-9-20-40-25(13-14-26)22-35-24-39-19-8-4-2-1-3-7-17-36(42,34(35)40)23-29(30(35)16-21-39)32-33-28(15-18-37-32)27-11-5-6-12-31(27)38-33/h1,3,5-6,11-15,18,23,25-26,30,34,38,41-42H,2,4,7-10,16-17,19-22,24H2/b3-1-,14-13-/t25-,26+,30-,34+,35-,36-/m0/s1. The Morgan fingerprint density at radius 2 is 1.83 bits per heavy atom. The van der Waals surface area contributed by atoms with Crippen LogP contribution in [0.3, 0.4) is 0 Å². The fourth-order valence-corrected chi connectivity index (χ4v) is 9.61. The lowest BCUT2D eigenvalue weighted by atomic mass is 9.54. The average Bonchev–Trinajstić information content (AvgIpc) is 3.51. The van der Waals surface area contributed by atoms with Gasteiger partial charge in [-0.1, -0.05) is 42.5 Å². The van der Waals surface area contributed by atoms with Crippen molar-refractivity contribution in [2.45, 2.75) is 81.6 Å². The second-order valence-corrected chi connectivity index (χ2v) is 13.7. The number of aromatic nitrogens is 2. The van der Waals surface area contributed by atoms with Gasteiger partial charge in [-0.3, -0.25) is 9.88 Å². The number of allylic oxidation sites excluding steroid dienone is 3. The van der Waals surface area contributed by atoms with Crippen molar-refractivity contribution in [3.8, 4) is 0 Å². The van der Waals surface area contributed by atoms with E-state index in [1.807, 2.05) is 12.3 Å². The van der Waals surface area contributed by atoms with Crippen LogP contribution in [0.4, 0.5) is 0 Å². The number of benzene rings is 1. The lowest BCUT2D eigenvalue weighted by Crippen LogP contribution is -2.65. The van der Waals surface area contributed by atoms with Crippen LogP contribution in [-0.4, -0.2) is 79.9 Å². The molecule has 2 aromatic heterocycles. The van der Waals surface area contributed by atoms with Crippen molar-refractivity contribution >= 4 is 27.4 Å². The topological polar surface area (TPSA) is 75.6 Å². The molecule has 1 aliphatic carbocycles. The summed E-state index contributed by atoms with van der Waals surface area (Å²) in [6.45, 7) is 4.15. The summed E-state index contributed by atoms with van der Waals surface area (Å²) in [5.41, 5.74) is 3.42. The molecule has 8 rings (SSSR count). The van der Waals surface area contributed by atoms with Crippen molar-refractivity contribution in [3.05, 3.63) is 72.6 Å².